The first kappa shape index (κ1) is 11.9. The van der Waals surface area contributed by atoms with Crippen LogP contribution in [0.15, 0.2) is 35.4 Å². The molecule has 17 heavy (non-hydrogen) atoms. The molecule has 0 aromatic heterocycles. The molecule has 0 spiro atoms. The van der Waals surface area contributed by atoms with Gasteiger partial charge in [-0.1, -0.05) is 13.8 Å². The molecule has 2 aliphatic heterocycles. The van der Waals surface area contributed by atoms with Gasteiger partial charge in [-0.15, -0.1) is 0 Å². The normalized spacial score (nSPS) is 22.6. The van der Waals surface area contributed by atoms with Crippen LogP contribution in [0.5, 0.6) is 0 Å². The zero-order valence-electron chi connectivity index (χ0n) is 10.5. The highest BCUT2D eigenvalue weighted by Gasteiger charge is 2.31. The van der Waals surface area contributed by atoms with Gasteiger partial charge in [0.2, 0.25) is 5.88 Å². The van der Waals surface area contributed by atoms with Crippen LogP contribution in [0, 0.1) is 0 Å². The van der Waals surface area contributed by atoms with Gasteiger partial charge in [0.25, 0.3) is 0 Å². The lowest BCUT2D eigenvalue weighted by molar-refractivity contribution is -0.115. The number of hydrogen-bond donors (Lipinski definition) is 1. The van der Waals surface area contributed by atoms with Crippen molar-refractivity contribution in [2.75, 3.05) is 7.11 Å². The maximum absolute atomic E-state index is 11.9. The van der Waals surface area contributed by atoms with Crippen molar-refractivity contribution in [3.63, 3.8) is 0 Å². The molecule has 92 valence electrons. The van der Waals surface area contributed by atoms with Crippen LogP contribution in [0.1, 0.15) is 26.7 Å². The zero-order chi connectivity index (χ0) is 12.4. The van der Waals surface area contributed by atoms with Gasteiger partial charge in [-0.25, -0.2) is 10.4 Å². The van der Waals surface area contributed by atoms with Gasteiger partial charge in [-0.2, -0.15) is 0 Å². The third kappa shape index (κ3) is 2.00. The highest BCUT2D eigenvalue weighted by Crippen LogP contribution is 2.30. The molecule has 0 bridgehead atoms. The molecule has 4 nitrogen and oxygen atoms in total. The monoisotopic (exact) mass is 234 g/mol. The number of carbonyl (C=O) groups is 1. The summed E-state index contributed by atoms with van der Waals surface area (Å²) in [6.07, 6.45) is 7.25. The van der Waals surface area contributed by atoms with E-state index in [0.29, 0.717) is 6.42 Å². The Kier molecular flexibility index (Phi) is 3.33. The Balaban J connectivity index is 2.37. The fraction of sp³-hybridized carbons (Fsp3) is 0.462. The maximum Gasteiger partial charge on any atom is 0.208 e. The van der Waals surface area contributed by atoms with Crippen molar-refractivity contribution in [3.8, 4) is 0 Å². The highest BCUT2D eigenvalue weighted by atomic mass is 16.5. The van der Waals surface area contributed by atoms with Crippen LogP contribution >= 0.6 is 0 Å². The molecule has 0 aromatic rings. The minimum atomic E-state index is 0.159. The maximum atomic E-state index is 11.9. The van der Waals surface area contributed by atoms with E-state index in [0.717, 1.165) is 23.6 Å². The van der Waals surface area contributed by atoms with E-state index < -0.39 is 0 Å². The molecule has 1 atom stereocenters. The van der Waals surface area contributed by atoms with Crippen LogP contribution in [0.25, 0.3) is 0 Å². The molecule has 0 fully saturated rings. The summed E-state index contributed by atoms with van der Waals surface area (Å²) in [5.41, 5.74) is 4.99. The molecule has 2 heterocycles. The molecule has 2 aliphatic rings. The Morgan fingerprint density at radius 3 is 2.82 bits per heavy atom. The fourth-order valence-corrected chi connectivity index (χ4v) is 2.04. The number of fused-ring (bicyclic) bond motifs is 1. The molecule has 0 radical (unpaired) electrons. The van der Waals surface area contributed by atoms with E-state index in [-0.39, 0.29) is 11.8 Å². The summed E-state index contributed by atoms with van der Waals surface area (Å²) in [6.45, 7) is 3.98. The molecule has 2 rings (SSSR count). The third-order valence-corrected chi connectivity index (χ3v) is 3.05. The molecule has 0 aromatic carbocycles. The predicted octanol–water partition coefficient (Wildman–Crippen LogP) is 1.88. The third-order valence-electron chi connectivity index (χ3n) is 3.05. The largest absolute Gasteiger partial charge is 0.481 e. The van der Waals surface area contributed by atoms with Crippen molar-refractivity contribution in [2.24, 2.45) is 0 Å². The summed E-state index contributed by atoms with van der Waals surface area (Å²) >= 11 is 0. The second-order valence-corrected chi connectivity index (χ2v) is 4.10. The van der Waals surface area contributed by atoms with Crippen molar-refractivity contribution in [2.45, 2.75) is 32.7 Å². The number of ether oxygens (including phenoxy) is 1. The Hall–Kier alpha value is -1.55. The number of nitrogens with one attached hydrogen (secondary N) is 1. The number of ketones is 1. The van der Waals surface area contributed by atoms with E-state index in [4.69, 9.17) is 4.74 Å². The molecule has 4 heteroatoms. The number of rotatable bonds is 4. The van der Waals surface area contributed by atoms with E-state index in [9.17, 15) is 4.79 Å². The average Bonchev–Trinajstić information content (AvgIpc) is 2.80. The van der Waals surface area contributed by atoms with Gasteiger partial charge in [-0.3, -0.25) is 4.79 Å². The van der Waals surface area contributed by atoms with E-state index in [1.54, 1.807) is 7.11 Å². The molecular weight excluding hydrogens is 216 g/mol. The number of nitrogens with zero attached hydrogens (tertiary/aromatic N) is 1. The van der Waals surface area contributed by atoms with Crippen LogP contribution in [-0.4, -0.2) is 23.9 Å². The summed E-state index contributed by atoms with van der Waals surface area (Å²) < 4.78 is 5.29. The van der Waals surface area contributed by atoms with Crippen LogP contribution in [0.2, 0.25) is 0 Å². The minimum absolute atomic E-state index is 0.159. The Labute approximate surface area is 102 Å². The fourth-order valence-electron chi connectivity index (χ4n) is 2.04. The van der Waals surface area contributed by atoms with Crippen molar-refractivity contribution in [1.82, 2.24) is 10.4 Å². The van der Waals surface area contributed by atoms with Gasteiger partial charge in [0, 0.05) is 24.1 Å². The average molecular weight is 234 g/mol. The first-order valence-electron chi connectivity index (χ1n) is 5.98. The van der Waals surface area contributed by atoms with Crippen molar-refractivity contribution in [1.29, 1.82) is 0 Å². The van der Waals surface area contributed by atoms with Crippen LogP contribution in [0.4, 0.5) is 0 Å². The minimum Gasteiger partial charge on any atom is -0.481 e. The standard InChI is InChI=1S/C13H18N2O2/c1-4-9-8-11-10(12(16)5-2)6-7-13(17-3)15(11)14-9/h6-9,14H,4-5H2,1-3H3. The number of methoxy groups -OCH3 is 1. The first-order chi connectivity index (χ1) is 8.21. The van der Waals surface area contributed by atoms with Crippen LogP contribution < -0.4 is 5.43 Å². The predicted molar refractivity (Wildman–Crippen MR) is 65.6 cm³/mol. The molecule has 0 amide bonds. The summed E-state index contributed by atoms with van der Waals surface area (Å²) in [5.74, 6) is 0.881. The van der Waals surface area contributed by atoms with Gasteiger partial charge in [0.05, 0.1) is 12.8 Å². The van der Waals surface area contributed by atoms with Gasteiger partial charge < -0.3 is 4.74 Å². The van der Waals surface area contributed by atoms with Gasteiger partial charge in [0.1, 0.15) is 0 Å². The van der Waals surface area contributed by atoms with Crippen LogP contribution in [-0.2, 0) is 9.53 Å². The van der Waals surface area contributed by atoms with Crippen molar-refractivity contribution >= 4 is 5.78 Å². The topological polar surface area (TPSA) is 41.6 Å². The van der Waals surface area contributed by atoms with Crippen LogP contribution in [0.3, 0.4) is 0 Å². The number of hydrazine groups is 1. The molecule has 0 saturated heterocycles. The quantitative estimate of drug-likeness (QED) is 0.806. The number of carbonyl (C=O) groups excluding carboxylic acids is 1. The molecule has 1 unspecified atom stereocenters. The summed E-state index contributed by atoms with van der Waals surface area (Å²) in [6, 6.07) is 0.259. The summed E-state index contributed by atoms with van der Waals surface area (Å²) in [7, 11) is 1.63. The van der Waals surface area contributed by atoms with Gasteiger partial charge >= 0.3 is 0 Å². The number of allylic oxidation sites excluding steroid dienone is 3. The lowest BCUT2D eigenvalue weighted by Crippen LogP contribution is -2.38. The Morgan fingerprint density at radius 1 is 1.47 bits per heavy atom. The molecular formula is C13H18N2O2. The number of hydrogen-bond acceptors (Lipinski definition) is 4. The lowest BCUT2D eigenvalue weighted by Gasteiger charge is -2.28. The Bertz CT molecular complexity index is 421. The first-order valence-corrected chi connectivity index (χ1v) is 5.98. The van der Waals surface area contributed by atoms with Crippen molar-refractivity contribution in [3.05, 3.63) is 35.4 Å². The Morgan fingerprint density at radius 2 is 2.24 bits per heavy atom. The molecule has 0 aliphatic carbocycles. The second-order valence-electron chi connectivity index (χ2n) is 4.10. The SMILES string of the molecule is CCC(=O)C1=CC=C(OC)N2NC(CC)C=C12. The van der Waals surface area contributed by atoms with Gasteiger partial charge in [-0.05, 0) is 18.6 Å². The zero-order valence-corrected chi connectivity index (χ0v) is 10.5. The second kappa shape index (κ2) is 4.75. The smallest absolute Gasteiger partial charge is 0.208 e. The summed E-state index contributed by atoms with van der Waals surface area (Å²) in [4.78, 5) is 11.9. The lowest BCUT2D eigenvalue weighted by atomic mass is 10.0. The van der Waals surface area contributed by atoms with E-state index >= 15 is 0 Å². The van der Waals surface area contributed by atoms with Gasteiger partial charge in [0.15, 0.2) is 5.78 Å². The van der Waals surface area contributed by atoms with E-state index in [2.05, 4.69) is 18.4 Å². The van der Waals surface area contributed by atoms with Crippen molar-refractivity contribution < 1.29 is 9.53 Å². The molecule has 1 N–H and O–H groups in total. The number of Topliss-reactive ketones (excluding diaryl/α,β-unsaturated/α-hetero) is 1. The molecule has 0 saturated carbocycles. The highest BCUT2D eigenvalue weighted by molar-refractivity contribution is 6.00. The van der Waals surface area contributed by atoms with E-state index in [1.165, 1.54) is 0 Å². The van der Waals surface area contributed by atoms with E-state index in [1.807, 2.05) is 24.1 Å². The summed E-state index contributed by atoms with van der Waals surface area (Å²) in [5, 5.41) is 1.86.